The van der Waals surface area contributed by atoms with Crippen LogP contribution in [0.1, 0.15) is 52.4 Å². The smallest absolute Gasteiger partial charge is 0.0730 e. The zero-order chi connectivity index (χ0) is 11.1. The van der Waals surface area contributed by atoms with Gasteiger partial charge in [-0.15, -0.1) is 0 Å². The molecule has 0 spiro atoms. The Morgan fingerprint density at radius 2 is 1.93 bits per heavy atom. The summed E-state index contributed by atoms with van der Waals surface area (Å²) < 4.78 is 5.89. The number of methoxy groups -OCH3 is 1. The summed E-state index contributed by atoms with van der Waals surface area (Å²) in [5.74, 6) is 0.754. The number of unbranched alkanes of at least 4 members (excludes halogenated alkanes) is 1. The Hall–Kier alpha value is -0.0800. The van der Waals surface area contributed by atoms with Crippen LogP contribution in [-0.4, -0.2) is 25.8 Å². The lowest BCUT2D eigenvalue weighted by Crippen LogP contribution is -2.48. The molecule has 2 heteroatoms. The second-order valence-electron chi connectivity index (χ2n) is 4.77. The highest BCUT2D eigenvalue weighted by molar-refractivity contribution is 4.91. The van der Waals surface area contributed by atoms with Gasteiger partial charge in [0.05, 0.1) is 5.60 Å². The number of rotatable bonds is 6. The molecule has 0 aromatic rings. The van der Waals surface area contributed by atoms with E-state index in [1.54, 1.807) is 0 Å². The fraction of sp³-hybridized carbons (Fsp3) is 1.00. The van der Waals surface area contributed by atoms with Crippen LogP contribution in [0, 0.1) is 5.92 Å². The molecule has 0 amide bonds. The fourth-order valence-corrected chi connectivity index (χ4v) is 2.92. The monoisotopic (exact) mass is 213 g/mol. The van der Waals surface area contributed by atoms with Crippen LogP contribution >= 0.6 is 0 Å². The summed E-state index contributed by atoms with van der Waals surface area (Å²) in [5, 5.41) is 3.43. The average Bonchev–Trinajstić information content (AvgIpc) is 2.31. The minimum absolute atomic E-state index is 0.176. The lowest BCUT2D eigenvalue weighted by molar-refractivity contribution is -0.0834. The van der Waals surface area contributed by atoms with Gasteiger partial charge in [0.1, 0.15) is 0 Å². The lowest BCUT2D eigenvalue weighted by atomic mass is 9.76. The molecule has 15 heavy (non-hydrogen) atoms. The molecule has 90 valence electrons. The molecule has 1 unspecified atom stereocenters. The SMILES string of the molecule is CCCCC(CC)C1(OC)CCNCC1. The highest BCUT2D eigenvalue weighted by Gasteiger charge is 2.38. The van der Waals surface area contributed by atoms with Crippen LogP contribution in [0.25, 0.3) is 0 Å². The van der Waals surface area contributed by atoms with Crippen molar-refractivity contribution in [1.82, 2.24) is 5.32 Å². The number of piperidine rings is 1. The van der Waals surface area contributed by atoms with Gasteiger partial charge in [-0.1, -0.05) is 33.1 Å². The van der Waals surface area contributed by atoms with Crippen molar-refractivity contribution in [1.29, 1.82) is 0 Å². The minimum atomic E-state index is 0.176. The number of ether oxygens (including phenoxy) is 1. The maximum atomic E-state index is 5.89. The number of hydrogen-bond acceptors (Lipinski definition) is 2. The Kier molecular flexibility index (Phi) is 5.62. The summed E-state index contributed by atoms with van der Waals surface area (Å²) in [6.45, 7) is 6.82. The van der Waals surface area contributed by atoms with Crippen LogP contribution in [0.5, 0.6) is 0 Å². The van der Waals surface area contributed by atoms with Crippen molar-refractivity contribution < 1.29 is 4.74 Å². The van der Waals surface area contributed by atoms with Crippen LogP contribution in [-0.2, 0) is 4.74 Å². The van der Waals surface area contributed by atoms with Gasteiger partial charge in [0.25, 0.3) is 0 Å². The number of nitrogens with one attached hydrogen (secondary N) is 1. The van der Waals surface area contributed by atoms with E-state index < -0.39 is 0 Å². The lowest BCUT2D eigenvalue weighted by Gasteiger charge is -2.42. The standard InChI is InChI=1S/C13H27NO/c1-4-6-7-12(5-2)13(15-3)8-10-14-11-9-13/h12,14H,4-11H2,1-3H3. The van der Waals surface area contributed by atoms with Crippen LogP contribution in [0.3, 0.4) is 0 Å². The summed E-state index contributed by atoms with van der Waals surface area (Å²) in [7, 11) is 1.90. The van der Waals surface area contributed by atoms with Crippen LogP contribution in [0.4, 0.5) is 0 Å². The first-order valence-corrected chi connectivity index (χ1v) is 6.55. The number of hydrogen-bond donors (Lipinski definition) is 1. The zero-order valence-electron chi connectivity index (χ0n) is 10.6. The summed E-state index contributed by atoms with van der Waals surface area (Å²) in [4.78, 5) is 0. The first-order chi connectivity index (χ1) is 7.29. The molecule has 1 heterocycles. The highest BCUT2D eigenvalue weighted by Crippen LogP contribution is 2.36. The first-order valence-electron chi connectivity index (χ1n) is 6.55. The molecule has 0 radical (unpaired) electrons. The van der Waals surface area contributed by atoms with Gasteiger partial charge in [0, 0.05) is 7.11 Å². The molecule has 1 N–H and O–H groups in total. The molecule has 1 aliphatic heterocycles. The van der Waals surface area contributed by atoms with E-state index in [9.17, 15) is 0 Å². The largest absolute Gasteiger partial charge is 0.378 e. The van der Waals surface area contributed by atoms with Crippen molar-refractivity contribution >= 4 is 0 Å². The summed E-state index contributed by atoms with van der Waals surface area (Å²) in [5.41, 5.74) is 0.176. The van der Waals surface area contributed by atoms with Crippen molar-refractivity contribution in [2.75, 3.05) is 20.2 Å². The molecule has 2 nitrogen and oxygen atoms in total. The van der Waals surface area contributed by atoms with E-state index in [0.717, 1.165) is 19.0 Å². The maximum Gasteiger partial charge on any atom is 0.0730 e. The third kappa shape index (κ3) is 3.18. The molecule has 0 bridgehead atoms. The third-order valence-electron chi connectivity index (χ3n) is 4.00. The van der Waals surface area contributed by atoms with Gasteiger partial charge >= 0.3 is 0 Å². The van der Waals surface area contributed by atoms with Crippen molar-refractivity contribution in [3.05, 3.63) is 0 Å². The van der Waals surface area contributed by atoms with Crippen LogP contribution in [0.15, 0.2) is 0 Å². The van der Waals surface area contributed by atoms with Crippen LogP contribution in [0.2, 0.25) is 0 Å². The first kappa shape index (κ1) is 13.0. The Morgan fingerprint density at radius 3 is 2.40 bits per heavy atom. The van der Waals surface area contributed by atoms with Crippen molar-refractivity contribution in [3.8, 4) is 0 Å². The summed E-state index contributed by atoms with van der Waals surface area (Å²) in [6.07, 6.45) is 7.61. The van der Waals surface area contributed by atoms with E-state index in [1.807, 2.05) is 7.11 Å². The van der Waals surface area contributed by atoms with Gasteiger partial charge < -0.3 is 10.1 Å². The van der Waals surface area contributed by atoms with Crippen LogP contribution < -0.4 is 5.32 Å². The molecule has 1 fully saturated rings. The summed E-state index contributed by atoms with van der Waals surface area (Å²) in [6, 6.07) is 0. The molecular weight excluding hydrogens is 186 g/mol. The Balaban J connectivity index is 2.58. The third-order valence-corrected chi connectivity index (χ3v) is 4.00. The topological polar surface area (TPSA) is 21.3 Å². The molecule has 1 rings (SSSR count). The molecule has 1 atom stereocenters. The molecule has 0 aromatic heterocycles. The molecule has 1 aliphatic rings. The van der Waals surface area contributed by atoms with E-state index in [2.05, 4.69) is 19.2 Å². The molecule has 0 saturated carbocycles. The summed E-state index contributed by atoms with van der Waals surface area (Å²) >= 11 is 0. The predicted octanol–water partition coefficient (Wildman–Crippen LogP) is 2.97. The van der Waals surface area contributed by atoms with Gasteiger partial charge in [-0.2, -0.15) is 0 Å². The van der Waals surface area contributed by atoms with Crippen molar-refractivity contribution in [2.24, 2.45) is 5.92 Å². The Morgan fingerprint density at radius 1 is 1.27 bits per heavy atom. The van der Waals surface area contributed by atoms with E-state index in [0.29, 0.717) is 0 Å². The normalized spacial score (nSPS) is 22.6. The van der Waals surface area contributed by atoms with E-state index in [4.69, 9.17) is 4.74 Å². The highest BCUT2D eigenvalue weighted by atomic mass is 16.5. The average molecular weight is 213 g/mol. The molecule has 1 saturated heterocycles. The Bertz CT molecular complexity index is 164. The van der Waals surface area contributed by atoms with E-state index in [-0.39, 0.29) is 5.60 Å². The molecule has 0 aliphatic carbocycles. The predicted molar refractivity (Wildman–Crippen MR) is 65.1 cm³/mol. The van der Waals surface area contributed by atoms with Gasteiger partial charge in [-0.25, -0.2) is 0 Å². The van der Waals surface area contributed by atoms with Gasteiger partial charge in [0.15, 0.2) is 0 Å². The zero-order valence-corrected chi connectivity index (χ0v) is 10.6. The van der Waals surface area contributed by atoms with Gasteiger partial charge in [-0.3, -0.25) is 0 Å². The quantitative estimate of drug-likeness (QED) is 0.732. The van der Waals surface area contributed by atoms with Crippen molar-refractivity contribution in [2.45, 2.75) is 58.0 Å². The fourth-order valence-electron chi connectivity index (χ4n) is 2.92. The van der Waals surface area contributed by atoms with Crippen molar-refractivity contribution in [3.63, 3.8) is 0 Å². The van der Waals surface area contributed by atoms with E-state index in [1.165, 1.54) is 38.5 Å². The van der Waals surface area contributed by atoms with Gasteiger partial charge in [0.2, 0.25) is 0 Å². The van der Waals surface area contributed by atoms with E-state index >= 15 is 0 Å². The van der Waals surface area contributed by atoms with Gasteiger partial charge in [-0.05, 0) is 38.3 Å². The molecular formula is C13H27NO. The second kappa shape index (κ2) is 6.49. The molecule has 0 aromatic carbocycles. The minimum Gasteiger partial charge on any atom is -0.378 e. The maximum absolute atomic E-state index is 5.89. The second-order valence-corrected chi connectivity index (χ2v) is 4.77. The Labute approximate surface area is 94.8 Å².